The Balaban J connectivity index is 1.74. The molecule has 126 valence electrons. The Kier molecular flexibility index (Phi) is 4.17. The monoisotopic (exact) mass is 335 g/mol. The normalized spacial score (nSPS) is 15.5. The van der Waals surface area contributed by atoms with Gasteiger partial charge >= 0.3 is 0 Å². The predicted octanol–water partition coefficient (Wildman–Crippen LogP) is 0.626. The number of fused-ring (bicyclic) bond motifs is 2. The summed E-state index contributed by atoms with van der Waals surface area (Å²) in [4.78, 5) is 39.7. The van der Waals surface area contributed by atoms with Gasteiger partial charge in [0.2, 0.25) is 0 Å². The van der Waals surface area contributed by atoms with Gasteiger partial charge in [0, 0.05) is 26.2 Å². The zero-order valence-electron chi connectivity index (χ0n) is 13.6. The van der Waals surface area contributed by atoms with Gasteiger partial charge in [-0.25, -0.2) is 15.0 Å². The van der Waals surface area contributed by atoms with Crippen LogP contribution in [0.15, 0.2) is 41.2 Å². The lowest BCUT2D eigenvalue weighted by atomic mass is 10.2. The number of piperazine rings is 1. The Morgan fingerprint density at radius 2 is 1.80 bits per heavy atom. The van der Waals surface area contributed by atoms with Crippen LogP contribution in [0.5, 0.6) is 0 Å². The van der Waals surface area contributed by atoms with Gasteiger partial charge in [-0.1, -0.05) is 12.1 Å². The first-order valence-corrected chi connectivity index (χ1v) is 8.25. The highest BCUT2D eigenvalue weighted by Gasteiger charge is 2.16. The number of carbonyl (C=O) groups excluding carboxylic acids is 1. The molecule has 3 aromatic rings. The van der Waals surface area contributed by atoms with Gasteiger partial charge in [0.05, 0.1) is 17.4 Å². The van der Waals surface area contributed by atoms with Gasteiger partial charge in [0.15, 0.2) is 11.4 Å². The van der Waals surface area contributed by atoms with Crippen LogP contribution in [0, 0.1) is 0 Å². The van der Waals surface area contributed by atoms with Crippen molar-refractivity contribution in [2.45, 2.75) is 0 Å². The number of carbonyl (C=O) groups is 1. The SMILES string of the molecule is O=C(CN1CCNCC1)c1ccc2nc(=O)c3ccccc3nc2n1. The van der Waals surface area contributed by atoms with Gasteiger partial charge < -0.3 is 5.32 Å². The van der Waals surface area contributed by atoms with E-state index in [1.807, 2.05) is 0 Å². The molecule has 1 aliphatic heterocycles. The summed E-state index contributed by atoms with van der Waals surface area (Å²) in [6.45, 7) is 3.80. The van der Waals surface area contributed by atoms with E-state index in [1.165, 1.54) is 0 Å². The number of rotatable bonds is 3. The lowest BCUT2D eigenvalue weighted by molar-refractivity contribution is 0.0917. The quantitative estimate of drug-likeness (QED) is 0.702. The first kappa shape index (κ1) is 15.7. The van der Waals surface area contributed by atoms with E-state index in [-0.39, 0.29) is 11.3 Å². The van der Waals surface area contributed by atoms with E-state index in [9.17, 15) is 9.59 Å². The number of Topliss-reactive ketones (excluding diaryl/α,β-unsaturated/α-hetero) is 1. The Labute approximate surface area is 143 Å². The van der Waals surface area contributed by atoms with Gasteiger partial charge in [-0.3, -0.25) is 14.5 Å². The predicted molar refractivity (Wildman–Crippen MR) is 94.7 cm³/mol. The van der Waals surface area contributed by atoms with Crippen LogP contribution in [-0.2, 0) is 0 Å². The molecule has 0 atom stereocenters. The summed E-state index contributed by atoms with van der Waals surface area (Å²) in [5.41, 5.74) is 1.22. The summed E-state index contributed by atoms with van der Waals surface area (Å²) in [5, 5.41) is 3.70. The molecule has 1 saturated heterocycles. The minimum Gasteiger partial charge on any atom is -0.314 e. The molecule has 3 heterocycles. The van der Waals surface area contributed by atoms with Gasteiger partial charge in [-0.2, -0.15) is 0 Å². The second-order valence-electron chi connectivity index (χ2n) is 6.03. The maximum atomic E-state index is 12.5. The lowest BCUT2D eigenvalue weighted by Gasteiger charge is -2.26. The third-order valence-corrected chi connectivity index (χ3v) is 4.30. The zero-order valence-corrected chi connectivity index (χ0v) is 13.6. The van der Waals surface area contributed by atoms with Crippen LogP contribution in [0.2, 0.25) is 0 Å². The first-order chi connectivity index (χ1) is 12.2. The molecule has 7 heteroatoms. The van der Waals surface area contributed by atoms with Gasteiger partial charge in [-0.05, 0) is 24.3 Å². The van der Waals surface area contributed by atoms with E-state index < -0.39 is 0 Å². The minimum absolute atomic E-state index is 0.0521. The Morgan fingerprint density at radius 3 is 2.64 bits per heavy atom. The Bertz CT molecular complexity index is 1010. The van der Waals surface area contributed by atoms with Crippen molar-refractivity contribution >= 4 is 27.9 Å². The molecule has 1 aromatic carbocycles. The second kappa shape index (κ2) is 6.62. The molecule has 0 radical (unpaired) electrons. The van der Waals surface area contributed by atoms with Crippen molar-refractivity contribution in [1.29, 1.82) is 0 Å². The number of aromatic nitrogens is 3. The average molecular weight is 335 g/mol. The lowest BCUT2D eigenvalue weighted by Crippen LogP contribution is -2.45. The summed E-state index contributed by atoms with van der Waals surface area (Å²) in [6, 6.07) is 10.3. The van der Waals surface area contributed by atoms with E-state index in [4.69, 9.17) is 0 Å². The molecule has 4 rings (SSSR count). The van der Waals surface area contributed by atoms with E-state index in [2.05, 4.69) is 25.2 Å². The fraction of sp³-hybridized carbons (Fsp3) is 0.278. The maximum absolute atomic E-state index is 12.5. The third kappa shape index (κ3) is 3.24. The second-order valence-corrected chi connectivity index (χ2v) is 6.03. The molecule has 25 heavy (non-hydrogen) atoms. The van der Waals surface area contributed by atoms with Crippen LogP contribution < -0.4 is 10.9 Å². The fourth-order valence-corrected chi connectivity index (χ4v) is 2.95. The van der Waals surface area contributed by atoms with Crippen molar-refractivity contribution in [3.8, 4) is 0 Å². The molecule has 7 nitrogen and oxygen atoms in total. The van der Waals surface area contributed by atoms with Gasteiger partial charge in [0.1, 0.15) is 11.2 Å². The molecule has 0 saturated carbocycles. The zero-order chi connectivity index (χ0) is 17.2. The van der Waals surface area contributed by atoms with Crippen molar-refractivity contribution in [3.63, 3.8) is 0 Å². The number of pyridine rings is 1. The number of nitrogens with zero attached hydrogens (tertiary/aromatic N) is 4. The molecule has 1 N–H and O–H groups in total. The molecule has 0 bridgehead atoms. The smallest absolute Gasteiger partial charge is 0.279 e. The van der Waals surface area contributed by atoms with E-state index in [0.29, 0.717) is 34.3 Å². The summed E-state index contributed by atoms with van der Waals surface area (Å²) >= 11 is 0. The molecule has 1 aliphatic rings. The van der Waals surface area contributed by atoms with Crippen molar-refractivity contribution in [3.05, 3.63) is 52.4 Å². The number of benzene rings is 1. The van der Waals surface area contributed by atoms with Gasteiger partial charge in [0.25, 0.3) is 5.56 Å². The fourth-order valence-electron chi connectivity index (χ4n) is 2.95. The maximum Gasteiger partial charge on any atom is 0.279 e. The molecule has 0 spiro atoms. The van der Waals surface area contributed by atoms with Gasteiger partial charge in [-0.15, -0.1) is 0 Å². The summed E-state index contributed by atoms with van der Waals surface area (Å²) < 4.78 is 0. The van der Waals surface area contributed by atoms with Crippen molar-refractivity contribution in [2.24, 2.45) is 0 Å². The number of nitrogens with one attached hydrogen (secondary N) is 1. The highest BCUT2D eigenvalue weighted by atomic mass is 16.1. The average Bonchev–Trinajstić information content (AvgIpc) is 2.78. The van der Waals surface area contributed by atoms with E-state index in [0.717, 1.165) is 26.2 Å². The van der Waals surface area contributed by atoms with Crippen molar-refractivity contribution in [1.82, 2.24) is 25.2 Å². The van der Waals surface area contributed by atoms with Crippen LogP contribution in [0.1, 0.15) is 10.5 Å². The number of para-hydroxylation sites is 1. The molecular weight excluding hydrogens is 318 g/mol. The highest BCUT2D eigenvalue weighted by molar-refractivity contribution is 5.97. The Morgan fingerprint density at radius 1 is 1.00 bits per heavy atom. The first-order valence-electron chi connectivity index (χ1n) is 8.25. The summed E-state index contributed by atoms with van der Waals surface area (Å²) in [5.74, 6) is -0.0521. The number of ketones is 1. The summed E-state index contributed by atoms with van der Waals surface area (Å²) in [6.07, 6.45) is 0. The minimum atomic E-state index is -0.347. The summed E-state index contributed by atoms with van der Waals surface area (Å²) in [7, 11) is 0. The highest BCUT2D eigenvalue weighted by Crippen LogP contribution is 2.11. The van der Waals surface area contributed by atoms with Crippen LogP contribution in [0.4, 0.5) is 0 Å². The topological polar surface area (TPSA) is 88.1 Å². The molecule has 2 aromatic heterocycles. The molecule has 1 fully saturated rings. The van der Waals surface area contributed by atoms with E-state index >= 15 is 0 Å². The van der Waals surface area contributed by atoms with Crippen LogP contribution in [0.25, 0.3) is 22.1 Å². The Hall–Kier alpha value is -2.77. The molecule has 0 unspecified atom stereocenters. The molecule has 0 amide bonds. The van der Waals surface area contributed by atoms with Crippen LogP contribution in [0.3, 0.4) is 0 Å². The van der Waals surface area contributed by atoms with Crippen molar-refractivity contribution < 1.29 is 4.79 Å². The number of hydrogen-bond donors (Lipinski definition) is 1. The molecular formula is C18H17N5O2. The van der Waals surface area contributed by atoms with Crippen LogP contribution >= 0.6 is 0 Å². The van der Waals surface area contributed by atoms with Crippen LogP contribution in [-0.4, -0.2) is 58.4 Å². The standard InChI is InChI=1S/C18H17N5O2/c24-16(11-23-9-7-19-8-10-23)14-5-6-15-17(21-14)20-13-4-2-1-3-12(13)18(25)22-15/h1-6,19H,7-11H2. The largest absolute Gasteiger partial charge is 0.314 e. The van der Waals surface area contributed by atoms with Crippen molar-refractivity contribution in [2.75, 3.05) is 32.7 Å². The van der Waals surface area contributed by atoms with E-state index in [1.54, 1.807) is 36.4 Å². The third-order valence-electron chi connectivity index (χ3n) is 4.30. The number of hydrogen-bond acceptors (Lipinski definition) is 7. The molecule has 0 aliphatic carbocycles.